The molecule has 0 atom stereocenters. The summed E-state index contributed by atoms with van der Waals surface area (Å²) < 4.78 is 5.16. The standard InChI is InChI=1S/C13H15N3O3/c1-16(7-8-17)13(18)14-12-9-11(19-15-12)10-5-3-2-4-6-10/h2-6,9,17H,7-8H2,1H3,(H,14,15,18). The first kappa shape index (κ1) is 13.1. The van der Waals surface area contributed by atoms with E-state index in [1.54, 1.807) is 13.1 Å². The van der Waals surface area contributed by atoms with Crippen LogP contribution >= 0.6 is 0 Å². The fourth-order valence-electron chi connectivity index (χ4n) is 1.53. The zero-order valence-corrected chi connectivity index (χ0v) is 10.5. The molecule has 2 N–H and O–H groups in total. The molecule has 0 saturated carbocycles. The molecule has 1 heterocycles. The molecule has 0 bridgehead atoms. The fourth-order valence-corrected chi connectivity index (χ4v) is 1.53. The molecule has 2 aromatic rings. The first-order chi connectivity index (χ1) is 9.20. The van der Waals surface area contributed by atoms with E-state index in [9.17, 15) is 4.79 Å². The minimum atomic E-state index is -0.345. The number of aliphatic hydroxyl groups is 1. The molecular formula is C13H15N3O3. The lowest BCUT2D eigenvalue weighted by molar-refractivity contribution is 0.202. The molecule has 0 aliphatic rings. The van der Waals surface area contributed by atoms with Crippen molar-refractivity contribution in [1.82, 2.24) is 10.1 Å². The van der Waals surface area contributed by atoms with Gasteiger partial charge in [0.15, 0.2) is 11.6 Å². The lowest BCUT2D eigenvalue weighted by atomic mass is 10.2. The Morgan fingerprint density at radius 1 is 1.42 bits per heavy atom. The lowest BCUT2D eigenvalue weighted by Gasteiger charge is -2.14. The molecule has 0 fully saturated rings. The average molecular weight is 261 g/mol. The molecule has 100 valence electrons. The van der Waals surface area contributed by atoms with Crippen LogP contribution in [0.15, 0.2) is 40.9 Å². The van der Waals surface area contributed by atoms with Crippen molar-refractivity contribution in [2.24, 2.45) is 0 Å². The van der Waals surface area contributed by atoms with Crippen molar-refractivity contribution in [2.45, 2.75) is 0 Å². The highest BCUT2D eigenvalue weighted by molar-refractivity contribution is 5.88. The van der Waals surface area contributed by atoms with Gasteiger partial charge in [-0.2, -0.15) is 0 Å². The Bertz CT molecular complexity index is 539. The Kier molecular flexibility index (Phi) is 4.15. The second-order valence-electron chi connectivity index (χ2n) is 4.02. The number of rotatable bonds is 4. The molecular weight excluding hydrogens is 246 g/mol. The number of amides is 2. The van der Waals surface area contributed by atoms with Crippen LogP contribution in [0.1, 0.15) is 0 Å². The Hall–Kier alpha value is -2.34. The van der Waals surface area contributed by atoms with Crippen LogP contribution in [0.5, 0.6) is 0 Å². The summed E-state index contributed by atoms with van der Waals surface area (Å²) in [6, 6.07) is 10.8. The number of carbonyl (C=O) groups is 1. The SMILES string of the molecule is CN(CCO)C(=O)Nc1cc(-c2ccccc2)on1. The Morgan fingerprint density at radius 2 is 2.16 bits per heavy atom. The number of aromatic nitrogens is 1. The van der Waals surface area contributed by atoms with Crippen LogP contribution in [0.25, 0.3) is 11.3 Å². The number of nitrogens with zero attached hydrogens (tertiary/aromatic N) is 2. The molecule has 6 heteroatoms. The second kappa shape index (κ2) is 6.01. The molecule has 0 spiro atoms. The summed E-state index contributed by atoms with van der Waals surface area (Å²) in [6.45, 7) is 0.174. The summed E-state index contributed by atoms with van der Waals surface area (Å²) in [5.74, 6) is 0.925. The maximum atomic E-state index is 11.7. The minimum Gasteiger partial charge on any atom is -0.395 e. The van der Waals surface area contributed by atoms with Crippen LogP contribution in [0.3, 0.4) is 0 Å². The number of hydrogen-bond acceptors (Lipinski definition) is 4. The van der Waals surface area contributed by atoms with Crippen LogP contribution < -0.4 is 5.32 Å². The molecule has 2 rings (SSSR count). The van der Waals surface area contributed by atoms with Crippen molar-refractivity contribution in [2.75, 3.05) is 25.5 Å². The normalized spacial score (nSPS) is 10.2. The summed E-state index contributed by atoms with van der Waals surface area (Å²) in [5.41, 5.74) is 0.888. The van der Waals surface area contributed by atoms with E-state index in [4.69, 9.17) is 9.63 Å². The van der Waals surface area contributed by atoms with Gasteiger partial charge in [0.1, 0.15) is 0 Å². The van der Waals surface area contributed by atoms with Crippen molar-refractivity contribution < 1.29 is 14.4 Å². The molecule has 6 nitrogen and oxygen atoms in total. The van der Waals surface area contributed by atoms with Gasteiger partial charge in [-0.3, -0.25) is 5.32 Å². The summed E-state index contributed by atoms with van der Waals surface area (Å²) in [5, 5.41) is 15.1. The van der Waals surface area contributed by atoms with Gasteiger partial charge < -0.3 is 14.5 Å². The number of likely N-dealkylation sites (N-methyl/N-ethyl adjacent to an activating group) is 1. The smallest absolute Gasteiger partial charge is 0.322 e. The Morgan fingerprint density at radius 3 is 2.84 bits per heavy atom. The summed E-state index contributed by atoms with van der Waals surface area (Å²) >= 11 is 0. The molecule has 2 amide bonds. The molecule has 0 saturated heterocycles. The van der Waals surface area contributed by atoms with Gasteiger partial charge in [0.25, 0.3) is 0 Å². The summed E-state index contributed by atoms with van der Waals surface area (Å²) in [7, 11) is 1.59. The summed E-state index contributed by atoms with van der Waals surface area (Å²) in [6.07, 6.45) is 0. The summed E-state index contributed by atoms with van der Waals surface area (Å²) in [4.78, 5) is 13.0. The van der Waals surface area contributed by atoms with Gasteiger partial charge in [-0.25, -0.2) is 4.79 Å². The topological polar surface area (TPSA) is 78.6 Å². The number of nitrogens with one attached hydrogen (secondary N) is 1. The number of carbonyl (C=O) groups excluding carboxylic acids is 1. The van der Waals surface area contributed by atoms with Gasteiger partial charge in [0.05, 0.1) is 6.61 Å². The molecule has 0 aliphatic heterocycles. The predicted molar refractivity (Wildman–Crippen MR) is 70.7 cm³/mol. The van der Waals surface area contributed by atoms with Gasteiger partial charge >= 0.3 is 6.03 Å². The largest absolute Gasteiger partial charge is 0.395 e. The maximum Gasteiger partial charge on any atom is 0.322 e. The van der Waals surface area contributed by atoms with Gasteiger partial charge in [-0.05, 0) is 0 Å². The number of hydrogen-bond donors (Lipinski definition) is 2. The van der Waals surface area contributed by atoms with E-state index >= 15 is 0 Å². The zero-order chi connectivity index (χ0) is 13.7. The fraction of sp³-hybridized carbons (Fsp3) is 0.231. The quantitative estimate of drug-likeness (QED) is 0.879. The van der Waals surface area contributed by atoms with E-state index in [-0.39, 0.29) is 19.2 Å². The van der Waals surface area contributed by atoms with Crippen LogP contribution in [0.2, 0.25) is 0 Å². The van der Waals surface area contributed by atoms with Crippen LogP contribution in [-0.4, -0.2) is 41.4 Å². The van der Waals surface area contributed by atoms with E-state index in [0.717, 1.165) is 5.56 Å². The number of aliphatic hydroxyl groups excluding tert-OH is 1. The van der Waals surface area contributed by atoms with E-state index in [2.05, 4.69) is 10.5 Å². The average Bonchev–Trinajstić information content (AvgIpc) is 2.88. The maximum absolute atomic E-state index is 11.7. The zero-order valence-electron chi connectivity index (χ0n) is 10.5. The van der Waals surface area contributed by atoms with E-state index in [0.29, 0.717) is 11.6 Å². The molecule has 0 radical (unpaired) electrons. The van der Waals surface area contributed by atoms with E-state index in [1.165, 1.54) is 4.90 Å². The first-order valence-corrected chi connectivity index (χ1v) is 5.86. The Labute approximate surface area is 110 Å². The van der Waals surface area contributed by atoms with Crippen molar-refractivity contribution in [3.8, 4) is 11.3 Å². The van der Waals surface area contributed by atoms with Gasteiger partial charge in [-0.1, -0.05) is 35.5 Å². The van der Waals surface area contributed by atoms with Crippen molar-refractivity contribution in [3.05, 3.63) is 36.4 Å². The van der Waals surface area contributed by atoms with E-state index < -0.39 is 0 Å². The molecule has 19 heavy (non-hydrogen) atoms. The van der Waals surface area contributed by atoms with Crippen LogP contribution in [0.4, 0.5) is 10.6 Å². The van der Waals surface area contributed by atoms with Crippen molar-refractivity contribution in [1.29, 1.82) is 0 Å². The first-order valence-electron chi connectivity index (χ1n) is 5.86. The van der Waals surface area contributed by atoms with Gasteiger partial charge in [0.2, 0.25) is 0 Å². The third-order valence-electron chi connectivity index (χ3n) is 2.59. The number of urea groups is 1. The lowest BCUT2D eigenvalue weighted by Crippen LogP contribution is -2.33. The number of anilines is 1. The molecule has 1 aromatic carbocycles. The van der Waals surface area contributed by atoms with Crippen molar-refractivity contribution >= 4 is 11.8 Å². The highest BCUT2D eigenvalue weighted by Crippen LogP contribution is 2.21. The van der Waals surface area contributed by atoms with E-state index in [1.807, 2.05) is 30.3 Å². The monoisotopic (exact) mass is 261 g/mol. The third kappa shape index (κ3) is 3.32. The van der Waals surface area contributed by atoms with Crippen LogP contribution in [0, 0.1) is 0 Å². The Balaban J connectivity index is 2.04. The van der Waals surface area contributed by atoms with Gasteiger partial charge in [0, 0.05) is 25.2 Å². The van der Waals surface area contributed by atoms with Crippen molar-refractivity contribution in [3.63, 3.8) is 0 Å². The van der Waals surface area contributed by atoms with Gasteiger partial charge in [-0.15, -0.1) is 0 Å². The highest BCUT2D eigenvalue weighted by Gasteiger charge is 2.12. The second-order valence-corrected chi connectivity index (χ2v) is 4.02. The van der Waals surface area contributed by atoms with Crippen LogP contribution in [-0.2, 0) is 0 Å². The third-order valence-corrected chi connectivity index (χ3v) is 2.59. The minimum absolute atomic E-state index is 0.0853. The highest BCUT2D eigenvalue weighted by atomic mass is 16.5. The molecule has 0 unspecified atom stereocenters. The number of benzene rings is 1. The predicted octanol–water partition coefficient (Wildman–Crippen LogP) is 1.80. The molecule has 1 aromatic heterocycles. The molecule has 0 aliphatic carbocycles.